The Morgan fingerprint density at radius 1 is 1.17 bits per heavy atom. The van der Waals surface area contributed by atoms with Crippen LogP contribution >= 0.6 is 0 Å². The van der Waals surface area contributed by atoms with Crippen LogP contribution in [-0.4, -0.2) is 33.4 Å². The summed E-state index contributed by atoms with van der Waals surface area (Å²) in [7, 11) is 0. The average molecular weight is 326 g/mol. The SMILES string of the molecule is CCCCNc1cnc(C(=O)N(Cc2ccccc2)C(C)C)cn1. The maximum absolute atomic E-state index is 12.8. The largest absolute Gasteiger partial charge is 0.369 e. The van der Waals surface area contributed by atoms with Crippen molar-refractivity contribution < 1.29 is 4.79 Å². The molecule has 2 rings (SSSR count). The van der Waals surface area contributed by atoms with Crippen LogP contribution in [0, 0.1) is 0 Å². The van der Waals surface area contributed by atoms with Gasteiger partial charge in [-0.3, -0.25) is 4.79 Å². The van der Waals surface area contributed by atoms with Crippen LogP contribution in [0.2, 0.25) is 0 Å². The molecule has 5 heteroatoms. The summed E-state index contributed by atoms with van der Waals surface area (Å²) in [6.45, 7) is 7.59. The van der Waals surface area contributed by atoms with Crippen molar-refractivity contribution in [1.29, 1.82) is 0 Å². The maximum atomic E-state index is 12.8. The first-order valence-electron chi connectivity index (χ1n) is 8.52. The molecule has 1 N–H and O–H groups in total. The lowest BCUT2D eigenvalue weighted by Gasteiger charge is -2.26. The number of anilines is 1. The number of nitrogens with zero attached hydrogens (tertiary/aromatic N) is 3. The van der Waals surface area contributed by atoms with E-state index in [2.05, 4.69) is 22.2 Å². The van der Waals surface area contributed by atoms with E-state index in [1.54, 1.807) is 12.4 Å². The van der Waals surface area contributed by atoms with Gasteiger partial charge in [0.05, 0.1) is 12.4 Å². The Labute approximate surface area is 144 Å². The molecule has 24 heavy (non-hydrogen) atoms. The zero-order chi connectivity index (χ0) is 17.4. The monoisotopic (exact) mass is 326 g/mol. The Hall–Kier alpha value is -2.43. The number of nitrogens with one attached hydrogen (secondary N) is 1. The molecule has 0 saturated heterocycles. The lowest BCUT2D eigenvalue weighted by molar-refractivity contribution is 0.0684. The van der Waals surface area contributed by atoms with Gasteiger partial charge in [-0.2, -0.15) is 0 Å². The highest BCUT2D eigenvalue weighted by Crippen LogP contribution is 2.12. The number of unbranched alkanes of at least 4 members (excludes halogenated alkanes) is 1. The molecular weight excluding hydrogens is 300 g/mol. The molecule has 1 aromatic carbocycles. The summed E-state index contributed by atoms with van der Waals surface area (Å²) in [5.74, 6) is 0.612. The predicted octanol–water partition coefficient (Wildman–Crippen LogP) is 3.74. The number of carbonyl (C=O) groups is 1. The quantitative estimate of drug-likeness (QED) is 0.751. The van der Waals surface area contributed by atoms with E-state index >= 15 is 0 Å². The highest BCUT2D eigenvalue weighted by molar-refractivity contribution is 5.92. The fraction of sp³-hybridized carbons (Fsp3) is 0.421. The van der Waals surface area contributed by atoms with Crippen LogP contribution in [0.4, 0.5) is 5.82 Å². The van der Waals surface area contributed by atoms with Crippen LogP contribution < -0.4 is 5.32 Å². The molecule has 0 bridgehead atoms. The van der Waals surface area contributed by atoms with Crippen LogP contribution in [0.3, 0.4) is 0 Å². The van der Waals surface area contributed by atoms with Crippen molar-refractivity contribution in [3.63, 3.8) is 0 Å². The van der Waals surface area contributed by atoms with E-state index in [0.29, 0.717) is 18.1 Å². The summed E-state index contributed by atoms with van der Waals surface area (Å²) in [4.78, 5) is 23.2. The van der Waals surface area contributed by atoms with E-state index in [9.17, 15) is 4.79 Å². The van der Waals surface area contributed by atoms with Gasteiger partial charge in [0.1, 0.15) is 11.5 Å². The molecule has 0 aliphatic rings. The van der Waals surface area contributed by atoms with Crippen LogP contribution in [0.5, 0.6) is 0 Å². The minimum atomic E-state index is -0.0959. The van der Waals surface area contributed by atoms with Crippen LogP contribution in [-0.2, 0) is 6.54 Å². The molecule has 1 aromatic heterocycles. The highest BCUT2D eigenvalue weighted by Gasteiger charge is 2.20. The normalized spacial score (nSPS) is 10.7. The summed E-state index contributed by atoms with van der Waals surface area (Å²) in [5, 5.41) is 3.21. The second-order valence-electron chi connectivity index (χ2n) is 6.08. The summed E-state index contributed by atoms with van der Waals surface area (Å²) >= 11 is 0. The number of hydrogen-bond acceptors (Lipinski definition) is 4. The van der Waals surface area contributed by atoms with Crippen molar-refractivity contribution in [2.75, 3.05) is 11.9 Å². The first kappa shape index (κ1) is 17.9. The first-order valence-corrected chi connectivity index (χ1v) is 8.52. The fourth-order valence-electron chi connectivity index (χ4n) is 2.34. The van der Waals surface area contributed by atoms with Crippen LogP contribution in [0.15, 0.2) is 42.7 Å². The van der Waals surface area contributed by atoms with Crippen molar-refractivity contribution >= 4 is 11.7 Å². The molecule has 2 aromatic rings. The van der Waals surface area contributed by atoms with Gasteiger partial charge in [-0.05, 0) is 25.8 Å². The van der Waals surface area contributed by atoms with Gasteiger partial charge >= 0.3 is 0 Å². The van der Waals surface area contributed by atoms with Crippen LogP contribution in [0.25, 0.3) is 0 Å². The molecule has 5 nitrogen and oxygen atoms in total. The van der Waals surface area contributed by atoms with E-state index in [1.807, 2.05) is 49.1 Å². The molecule has 0 aliphatic carbocycles. The van der Waals surface area contributed by atoms with E-state index in [4.69, 9.17) is 0 Å². The summed E-state index contributed by atoms with van der Waals surface area (Å²) < 4.78 is 0. The Balaban J connectivity index is 2.06. The topological polar surface area (TPSA) is 58.1 Å². The second-order valence-corrected chi connectivity index (χ2v) is 6.08. The first-order chi connectivity index (χ1) is 11.6. The Kier molecular flexibility index (Phi) is 6.73. The van der Waals surface area contributed by atoms with Crippen molar-refractivity contribution in [2.45, 2.75) is 46.2 Å². The van der Waals surface area contributed by atoms with Crippen molar-refractivity contribution in [3.8, 4) is 0 Å². The number of amides is 1. The molecule has 0 aliphatic heterocycles. The van der Waals surface area contributed by atoms with Gasteiger partial charge in [-0.25, -0.2) is 9.97 Å². The van der Waals surface area contributed by atoms with Gasteiger partial charge in [0.25, 0.3) is 5.91 Å². The zero-order valence-corrected chi connectivity index (χ0v) is 14.7. The molecule has 0 spiro atoms. The standard InChI is InChI=1S/C19H26N4O/c1-4-5-11-20-18-13-21-17(12-22-18)19(24)23(15(2)3)14-16-9-7-6-8-10-16/h6-10,12-13,15H,4-5,11,14H2,1-3H3,(H,20,22). The van der Waals surface area contributed by atoms with Crippen molar-refractivity contribution in [1.82, 2.24) is 14.9 Å². The Morgan fingerprint density at radius 3 is 2.50 bits per heavy atom. The minimum Gasteiger partial charge on any atom is -0.369 e. The smallest absolute Gasteiger partial charge is 0.274 e. The number of rotatable bonds is 8. The van der Waals surface area contributed by atoms with Crippen molar-refractivity contribution in [3.05, 3.63) is 54.0 Å². The molecule has 128 valence electrons. The third-order valence-electron chi connectivity index (χ3n) is 3.79. The van der Waals surface area contributed by atoms with Gasteiger partial charge in [0.15, 0.2) is 0 Å². The van der Waals surface area contributed by atoms with E-state index in [0.717, 1.165) is 24.9 Å². The van der Waals surface area contributed by atoms with Gasteiger partial charge < -0.3 is 10.2 Å². The van der Waals surface area contributed by atoms with Crippen LogP contribution in [0.1, 0.15) is 49.7 Å². The third kappa shape index (κ3) is 5.05. The minimum absolute atomic E-state index is 0.0851. The molecule has 0 fully saturated rings. The number of hydrogen-bond donors (Lipinski definition) is 1. The second kappa shape index (κ2) is 9.01. The van der Waals surface area contributed by atoms with Gasteiger partial charge in [0, 0.05) is 19.1 Å². The van der Waals surface area contributed by atoms with E-state index in [-0.39, 0.29) is 11.9 Å². The van der Waals surface area contributed by atoms with Gasteiger partial charge in [0.2, 0.25) is 0 Å². The third-order valence-corrected chi connectivity index (χ3v) is 3.79. The molecule has 1 heterocycles. The lowest BCUT2D eigenvalue weighted by atomic mass is 10.2. The molecule has 1 amide bonds. The maximum Gasteiger partial charge on any atom is 0.274 e. The van der Waals surface area contributed by atoms with Crippen molar-refractivity contribution in [2.24, 2.45) is 0 Å². The summed E-state index contributed by atoms with van der Waals surface area (Å²) in [6, 6.07) is 10.1. The molecule has 0 radical (unpaired) electrons. The summed E-state index contributed by atoms with van der Waals surface area (Å²) in [6.07, 6.45) is 5.39. The number of carbonyl (C=O) groups excluding carboxylic acids is 1. The summed E-state index contributed by atoms with van der Waals surface area (Å²) in [5.41, 5.74) is 1.48. The highest BCUT2D eigenvalue weighted by atomic mass is 16.2. The zero-order valence-electron chi connectivity index (χ0n) is 14.7. The number of benzene rings is 1. The Bertz CT molecular complexity index is 626. The van der Waals surface area contributed by atoms with Gasteiger partial charge in [-0.15, -0.1) is 0 Å². The molecule has 0 saturated carbocycles. The molecular formula is C19H26N4O. The average Bonchev–Trinajstić information content (AvgIpc) is 2.60. The molecule has 0 unspecified atom stereocenters. The van der Waals surface area contributed by atoms with Gasteiger partial charge in [-0.1, -0.05) is 43.7 Å². The fourth-order valence-corrected chi connectivity index (χ4v) is 2.34. The molecule has 0 atom stereocenters. The predicted molar refractivity (Wildman–Crippen MR) is 96.9 cm³/mol. The van der Waals surface area contributed by atoms with E-state index < -0.39 is 0 Å². The van der Waals surface area contributed by atoms with E-state index in [1.165, 1.54) is 0 Å². The number of aromatic nitrogens is 2. The lowest BCUT2D eigenvalue weighted by Crippen LogP contribution is -2.37. The Morgan fingerprint density at radius 2 is 1.92 bits per heavy atom.